The zero-order chi connectivity index (χ0) is 16.4. The molecule has 0 saturated carbocycles. The van der Waals surface area contributed by atoms with Gasteiger partial charge in [-0.25, -0.2) is 18.6 Å². The Morgan fingerprint density at radius 2 is 2.26 bits per heavy atom. The summed E-state index contributed by atoms with van der Waals surface area (Å²) in [5, 5.41) is 7.90. The van der Waals surface area contributed by atoms with Crippen LogP contribution in [0.15, 0.2) is 24.4 Å². The standard InChI is InChI=1S/C14H12F2N4O2S/c15-8-2-1-7(10(16)4-8)3-9-5-18-14(23-9)20-12(21)11-6-17-13(22)19-11/h1-2,4-5,11H,3,6H2,(H2,17,19,22)(H,18,20,21)/t11-/m0/s1. The molecule has 1 saturated heterocycles. The Bertz CT molecular complexity index is 765. The maximum atomic E-state index is 13.6. The number of hydrogen-bond donors (Lipinski definition) is 3. The molecule has 1 aromatic carbocycles. The highest BCUT2D eigenvalue weighted by Gasteiger charge is 2.27. The molecule has 0 radical (unpaired) electrons. The van der Waals surface area contributed by atoms with Crippen LogP contribution >= 0.6 is 11.3 Å². The lowest BCUT2D eigenvalue weighted by Gasteiger charge is -2.06. The summed E-state index contributed by atoms with van der Waals surface area (Å²) in [6.45, 7) is 0.212. The first-order valence-electron chi connectivity index (χ1n) is 6.75. The van der Waals surface area contributed by atoms with Crippen molar-refractivity contribution in [2.45, 2.75) is 12.5 Å². The van der Waals surface area contributed by atoms with Gasteiger partial charge in [-0.05, 0) is 11.6 Å². The summed E-state index contributed by atoms with van der Waals surface area (Å²) in [4.78, 5) is 27.7. The smallest absolute Gasteiger partial charge is 0.315 e. The molecule has 23 heavy (non-hydrogen) atoms. The predicted octanol–water partition coefficient (Wildman–Crippen LogP) is 1.63. The minimum Gasteiger partial charge on any atom is -0.336 e. The van der Waals surface area contributed by atoms with Crippen molar-refractivity contribution in [3.8, 4) is 0 Å². The van der Waals surface area contributed by atoms with Crippen LogP contribution in [0, 0.1) is 11.6 Å². The fraction of sp³-hybridized carbons (Fsp3) is 0.214. The number of carbonyl (C=O) groups excluding carboxylic acids is 2. The normalized spacial score (nSPS) is 16.8. The summed E-state index contributed by atoms with van der Waals surface area (Å²) < 4.78 is 26.5. The Balaban J connectivity index is 1.64. The molecule has 3 N–H and O–H groups in total. The first kappa shape index (κ1) is 15.3. The molecule has 0 bridgehead atoms. The van der Waals surface area contributed by atoms with Gasteiger partial charge >= 0.3 is 6.03 Å². The highest BCUT2D eigenvalue weighted by atomic mass is 32.1. The van der Waals surface area contributed by atoms with E-state index in [9.17, 15) is 18.4 Å². The molecule has 1 fully saturated rings. The zero-order valence-corrected chi connectivity index (χ0v) is 12.5. The van der Waals surface area contributed by atoms with Crippen LogP contribution in [0.2, 0.25) is 0 Å². The molecule has 1 atom stereocenters. The first-order valence-corrected chi connectivity index (χ1v) is 7.57. The minimum atomic E-state index is -0.649. The topological polar surface area (TPSA) is 83.1 Å². The van der Waals surface area contributed by atoms with Gasteiger partial charge in [0.1, 0.15) is 17.7 Å². The van der Waals surface area contributed by atoms with E-state index in [0.717, 1.165) is 10.9 Å². The third-order valence-electron chi connectivity index (χ3n) is 3.25. The zero-order valence-electron chi connectivity index (χ0n) is 11.7. The van der Waals surface area contributed by atoms with Gasteiger partial charge < -0.3 is 16.0 Å². The van der Waals surface area contributed by atoms with Crippen LogP contribution in [0.5, 0.6) is 0 Å². The van der Waals surface area contributed by atoms with Crippen LogP contribution in [0.1, 0.15) is 10.4 Å². The van der Waals surface area contributed by atoms with Crippen LogP contribution in [-0.4, -0.2) is 29.5 Å². The Hall–Kier alpha value is -2.55. The number of nitrogens with one attached hydrogen (secondary N) is 3. The minimum absolute atomic E-state index is 0.212. The highest BCUT2D eigenvalue weighted by molar-refractivity contribution is 7.15. The van der Waals surface area contributed by atoms with Gasteiger partial charge in [-0.1, -0.05) is 6.07 Å². The quantitative estimate of drug-likeness (QED) is 0.792. The highest BCUT2D eigenvalue weighted by Crippen LogP contribution is 2.23. The number of rotatable bonds is 4. The molecule has 2 aromatic rings. The van der Waals surface area contributed by atoms with Gasteiger partial charge in [0.15, 0.2) is 5.13 Å². The van der Waals surface area contributed by atoms with Gasteiger partial charge in [-0.15, -0.1) is 11.3 Å². The first-order chi connectivity index (χ1) is 11.0. The molecule has 3 amide bonds. The van der Waals surface area contributed by atoms with Crippen molar-refractivity contribution in [2.75, 3.05) is 11.9 Å². The molecule has 1 aliphatic heterocycles. The number of carbonyl (C=O) groups is 2. The average Bonchev–Trinajstić information content (AvgIpc) is 3.11. The van der Waals surface area contributed by atoms with E-state index in [0.29, 0.717) is 10.7 Å². The third-order valence-corrected chi connectivity index (χ3v) is 4.16. The van der Waals surface area contributed by atoms with Gasteiger partial charge in [0.25, 0.3) is 5.91 Å². The summed E-state index contributed by atoms with van der Waals surface area (Å²) in [5.41, 5.74) is 0.347. The van der Waals surface area contributed by atoms with Crippen LogP contribution in [0.4, 0.5) is 18.7 Å². The van der Waals surface area contributed by atoms with E-state index in [1.54, 1.807) is 0 Å². The number of thiazole rings is 1. The molecule has 2 heterocycles. The van der Waals surface area contributed by atoms with E-state index in [1.165, 1.54) is 29.7 Å². The van der Waals surface area contributed by atoms with Crippen LogP contribution in [0.25, 0.3) is 0 Å². The lowest BCUT2D eigenvalue weighted by Crippen LogP contribution is -2.38. The number of amides is 3. The summed E-state index contributed by atoms with van der Waals surface area (Å²) >= 11 is 1.19. The fourth-order valence-electron chi connectivity index (χ4n) is 2.11. The molecule has 0 unspecified atom stereocenters. The van der Waals surface area contributed by atoms with E-state index in [4.69, 9.17) is 0 Å². The van der Waals surface area contributed by atoms with E-state index >= 15 is 0 Å². The molecule has 3 rings (SSSR count). The second-order valence-electron chi connectivity index (χ2n) is 4.94. The van der Waals surface area contributed by atoms with Crippen LogP contribution in [0.3, 0.4) is 0 Å². The lowest BCUT2D eigenvalue weighted by molar-refractivity contribution is -0.117. The maximum Gasteiger partial charge on any atom is 0.315 e. The van der Waals surface area contributed by atoms with E-state index < -0.39 is 23.7 Å². The van der Waals surface area contributed by atoms with Crippen molar-refractivity contribution in [3.63, 3.8) is 0 Å². The molecule has 0 aliphatic carbocycles. The molecule has 6 nitrogen and oxygen atoms in total. The largest absolute Gasteiger partial charge is 0.336 e. The summed E-state index contributed by atoms with van der Waals surface area (Å²) in [7, 11) is 0. The SMILES string of the molecule is O=C1NC[C@@H](C(=O)Nc2ncc(Cc3ccc(F)cc3F)s2)N1. The van der Waals surface area contributed by atoms with Crippen molar-refractivity contribution in [2.24, 2.45) is 0 Å². The molecule has 0 spiro atoms. The molecular weight excluding hydrogens is 326 g/mol. The average molecular weight is 338 g/mol. The second-order valence-corrected chi connectivity index (χ2v) is 6.06. The number of urea groups is 1. The Morgan fingerprint density at radius 1 is 1.43 bits per heavy atom. The number of benzene rings is 1. The van der Waals surface area contributed by atoms with Crippen LogP contribution in [-0.2, 0) is 11.2 Å². The number of halogens is 2. The monoisotopic (exact) mass is 338 g/mol. The Morgan fingerprint density at radius 3 is 2.96 bits per heavy atom. The summed E-state index contributed by atoms with van der Waals surface area (Å²) in [6, 6.07) is 2.36. The van der Waals surface area contributed by atoms with Gasteiger partial charge in [-0.2, -0.15) is 0 Å². The number of nitrogens with zero attached hydrogens (tertiary/aromatic N) is 1. The second kappa shape index (κ2) is 6.29. The number of hydrogen-bond acceptors (Lipinski definition) is 4. The maximum absolute atomic E-state index is 13.6. The lowest BCUT2D eigenvalue weighted by atomic mass is 10.1. The van der Waals surface area contributed by atoms with Gasteiger partial charge in [-0.3, -0.25) is 4.79 Å². The van der Waals surface area contributed by atoms with E-state index in [-0.39, 0.29) is 18.9 Å². The number of aromatic nitrogens is 1. The summed E-state index contributed by atoms with van der Waals surface area (Å²) in [5.74, 6) is -1.63. The Labute approximate surface area is 133 Å². The van der Waals surface area contributed by atoms with Crippen molar-refractivity contribution in [1.82, 2.24) is 15.6 Å². The van der Waals surface area contributed by atoms with Gasteiger partial charge in [0, 0.05) is 30.1 Å². The van der Waals surface area contributed by atoms with Crippen molar-refractivity contribution in [1.29, 1.82) is 0 Å². The van der Waals surface area contributed by atoms with Crippen LogP contribution < -0.4 is 16.0 Å². The summed E-state index contributed by atoms with van der Waals surface area (Å²) in [6.07, 6.45) is 1.77. The van der Waals surface area contributed by atoms with E-state index in [1.807, 2.05) is 0 Å². The predicted molar refractivity (Wildman–Crippen MR) is 80.2 cm³/mol. The van der Waals surface area contributed by atoms with Crippen molar-refractivity contribution >= 4 is 28.4 Å². The molecular formula is C14H12F2N4O2S. The fourth-order valence-corrected chi connectivity index (χ4v) is 2.94. The molecule has 120 valence electrons. The van der Waals surface area contributed by atoms with Crippen molar-refractivity contribution in [3.05, 3.63) is 46.5 Å². The molecule has 1 aliphatic rings. The van der Waals surface area contributed by atoms with Crippen molar-refractivity contribution < 1.29 is 18.4 Å². The van der Waals surface area contributed by atoms with Gasteiger partial charge in [0.2, 0.25) is 0 Å². The molecule has 1 aromatic heterocycles. The number of anilines is 1. The molecule has 9 heteroatoms. The third kappa shape index (κ3) is 3.62. The Kier molecular flexibility index (Phi) is 4.20. The van der Waals surface area contributed by atoms with Gasteiger partial charge in [0.05, 0.1) is 0 Å². The van der Waals surface area contributed by atoms with E-state index in [2.05, 4.69) is 20.9 Å².